The van der Waals surface area contributed by atoms with Crippen molar-refractivity contribution >= 4 is 43.0 Å². The number of anilines is 1. The van der Waals surface area contributed by atoms with E-state index in [4.69, 9.17) is 5.21 Å². The Morgan fingerprint density at radius 1 is 0.862 bits per heavy atom. The molecule has 0 radical (unpaired) electrons. The number of nitrogens with one attached hydrogen (secondary N) is 2. The van der Waals surface area contributed by atoms with Crippen molar-refractivity contribution in [3.05, 3.63) is 83.7 Å². The predicted molar refractivity (Wildman–Crippen MR) is 114 cm³/mol. The van der Waals surface area contributed by atoms with Gasteiger partial charge < -0.3 is 0 Å². The molecule has 146 valence electrons. The Bertz CT molecular complexity index is 1280. The van der Waals surface area contributed by atoms with Gasteiger partial charge in [-0.25, -0.2) is 13.9 Å². The second-order valence-corrected chi connectivity index (χ2v) is 9.07. The molecule has 3 N–H and O–H groups in total. The standard InChI is InChI=1S/C21H16N2O4S2/c24-21(22-25)20-12-16-6-9-17(13-19(16)28-20)23-29(26,27)18-10-7-15(8-11-18)14-4-2-1-3-5-14/h1-13,23,25H,(H,22,24). The molecule has 0 aliphatic rings. The fourth-order valence-corrected chi connectivity index (χ4v) is 4.97. The second kappa shape index (κ2) is 7.67. The molecule has 0 aliphatic carbocycles. The highest BCUT2D eigenvalue weighted by Gasteiger charge is 2.16. The molecule has 1 aromatic heterocycles. The zero-order valence-corrected chi connectivity index (χ0v) is 16.6. The normalized spacial score (nSPS) is 11.3. The van der Waals surface area contributed by atoms with Crippen molar-refractivity contribution < 1.29 is 18.4 Å². The molecule has 4 aromatic rings. The van der Waals surface area contributed by atoms with Crippen LogP contribution in [0.25, 0.3) is 21.2 Å². The Morgan fingerprint density at radius 2 is 1.55 bits per heavy atom. The van der Waals surface area contributed by atoms with Gasteiger partial charge in [-0.2, -0.15) is 0 Å². The molecule has 0 aliphatic heterocycles. The highest BCUT2D eigenvalue weighted by Crippen LogP contribution is 2.29. The van der Waals surface area contributed by atoms with Crippen molar-refractivity contribution in [3.8, 4) is 11.1 Å². The number of thiophene rings is 1. The van der Waals surface area contributed by atoms with Gasteiger partial charge in [0.05, 0.1) is 15.5 Å². The summed E-state index contributed by atoms with van der Waals surface area (Å²) < 4.78 is 28.8. The number of hydrogen-bond donors (Lipinski definition) is 3. The number of rotatable bonds is 5. The van der Waals surface area contributed by atoms with Crippen molar-refractivity contribution in [3.63, 3.8) is 0 Å². The first kappa shape index (κ1) is 19.1. The summed E-state index contributed by atoms with van der Waals surface area (Å²) in [6.45, 7) is 0. The van der Waals surface area contributed by atoms with Crippen LogP contribution in [0.4, 0.5) is 5.69 Å². The smallest absolute Gasteiger partial charge is 0.284 e. The molecular weight excluding hydrogens is 408 g/mol. The average molecular weight is 425 g/mol. The van der Waals surface area contributed by atoms with E-state index < -0.39 is 15.9 Å². The highest BCUT2D eigenvalue weighted by molar-refractivity contribution is 7.92. The fraction of sp³-hybridized carbons (Fsp3) is 0. The molecule has 0 unspecified atom stereocenters. The number of carbonyl (C=O) groups excluding carboxylic acids is 1. The van der Waals surface area contributed by atoms with Gasteiger partial charge in [-0.1, -0.05) is 48.5 Å². The van der Waals surface area contributed by atoms with E-state index in [9.17, 15) is 13.2 Å². The molecule has 0 bridgehead atoms. The number of benzene rings is 3. The van der Waals surface area contributed by atoms with Gasteiger partial charge in [0.25, 0.3) is 15.9 Å². The Morgan fingerprint density at radius 3 is 2.24 bits per heavy atom. The van der Waals surface area contributed by atoms with Gasteiger partial charge in [0, 0.05) is 4.70 Å². The van der Waals surface area contributed by atoms with E-state index in [1.165, 1.54) is 0 Å². The summed E-state index contributed by atoms with van der Waals surface area (Å²) in [6, 6.07) is 23.0. The van der Waals surface area contributed by atoms with Crippen molar-refractivity contribution in [2.24, 2.45) is 0 Å². The van der Waals surface area contributed by atoms with Crippen LogP contribution >= 0.6 is 11.3 Å². The van der Waals surface area contributed by atoms with E-state index in [1.807, 2.05) is 30.3 Å². The Labute approximate surface area is 171 Å². The average Bonchev–Trinajstić information content (AvgIpc) is 3.17. The monoisotopic (exact) mass is 424 g/mol. The van der Waals surface area contributed by atoms with Crippen LogP contribution in [0, 0.1) is 0 Å². The Balaban J connectivity index is 1.58. The Hall–Kier alpha value is -3.20. The zero-order valence-electron chi connectivity index (χ0n) is 15.0. The van der Waals surface area contributed by atoms with Gasteiger partial charge in [0.15, 0.2) is 0 Å². The molecule has 1 heterocycles. The second-order valence-electron chi connectivity index (χ2n) is 6.30. The van der Waals surface area contributed by atoms with Gasteiger partial charge in [0.2, 0.25) is 0 Å². The number of sulfonamides is 1. The number of carbonyl (C=O) groups is 1. The summed E-state index contributed by atoms with van der Waals surface area (Å²) in [5.41, 5.74) is 3.92. The van der Waals surface area contributed by atoms with Gasteiger partial charge in [0.1, 0.15) is 0 Å². The van der Waals surface area contributed by atoms with E-state index in [0.717, 1.165) is 32.5 Å². The van der Waals surface area contributed by atoms with Gasteiger partial charge in [-0.15, -0.1) is 11.3 Å². The minimum absolute atomic E-state index is 0.156. The molecule has 6 nitrogen and oxygen atoms in total. The highest BCUT2D eigenvalue weighted by atomic mass is 32.2. The molecule has 3 aromatic carbocycles. The van der Waals surface area contributed by atoms with Gasteiger partial charge in [-0.05, 0) is 46.8 Å². The van der Waals surface area contributed by atoms with E-state index >= 15 is 0 Å². The first-order valence-corrected chi connectivity index (χ1v) is 10.9. The molecular formula is C21H16N2O4S2. The van der Waals surface area contributed by atoms with Crippen LogP contribution in [0.2, 0.25) is 0 Å². The van der Waals surface area contributed by atoms with E-state index in [2.05, 4.69) is 4.72 Å². The topological polar surface area (TPSA) is 95.5 Å². The molecule has 29 heavy (non-hydrogen) atoms. The van der Waals surface area contributed by atoms with E-state index in [-0.39, 0.29) is 4.90 Å². The lowest BCUT2D eigenvalue weighted by Gasteiger charge is -2.09. The summed E-state index contributed by atoms with van der Waals surface area (Å²) >= 11 is 1.16. The van der Waals surface area contributed by atoms with Crippen molar-refractivity contribution in [2.75, 3.05) is 4.72 Å². The summed E-state index contributed by atoms with van der Waals surface area (Å²) in [7, 11) is -3.76. The Kier molecular flexibility index (Phi) is 5.06. The van der Waals surface area contributed by atoms with Crippen LogP contribution in [-0.4, -0.2) is 19.5 Å². The van der Waals surface area contributed by atoms with Crippen molar-refractivity contribution in [2.45, 2.75) is 4.90 Å². The molecule has 0 spiro atoms. The number of hydroxylamine groups is 1. The molecule has 0 fully saturated rings. The van der Waals surface area contributed by atoms with E-state index in [0.29, 0.717) is 10.6 Å². The summed E-state index contributed by atoms with van der Waals surface area (Å²) in [5.74, 6) is -0.605. The summed E-state index contributed by atoms with van der Waals surface area (Å²) in [4.78, 5) is 12.0. The van der Waals surface area contributed by atoms with Crippen molar-refractivity contribution in [1.82, 2.24) is 5.48 Å². The molecule has 8 heteroatoms. The maximum Gasteiger partial charge on any atom is 0.284 e. The molecule has 1 amide bonds. The number of hydrogen-bond acceptors (Lipinski definition) is 5. The maximum atomic E-state index is 12.7. The summed E-state index contributed by atoms with van der Waals surface area (Å²) in [6.07, 6.45) is 0. The summed E-state index contributed by atoms with van der Waals surface area (Å²) in [5, 5.41) is 9.54. The molecule has 0 saturated heterocycles. The zero-order chi connectivity index (χ0) is 20.4. The number of amides is 1. The number of fused-ring (bicyclic) bond motifs is 1. The minimum atomic E-state index is -3.76. The SMILES string of the molecule is O=C(NO)c1cc2ccc(NS(=O)(=O)c3ccc(-c4ccccc4)cc3)cc2s1. The van der Waals surface area contributed by atoms with Crippen molar-refractivity contribution in [1.29, 1.82) is 0 Å². The van der Waals surface area contributed by atoms with Crippen LogP contribution in [0.3, 0.4) is 0 Å². The van der Waals surface area contributed by atoms with Gasteiger partial charge in [-0.3, -0.25) is 14.7 Å². The third kappa shape index (κ3) is 4.00. The molecule has 0 saturated carbocycles. The first-order chi connectivity index (χ1) is 14.0. The van der Waals surface area contributed by atoms with Crippen LogP contribution in [-0.2, 0) is 10.0 Å². The van der Waals surface area contributed by atoms with Crippen LogP contribution < -0.4 is 10.2 Å². The first-order valence-electron chi connectivity index (χ1n) is 8.62. The quantitative estimate of drug-likeness (QED) is 0.325. The van der Waals surface area contributed by atoms with Crippen LogP contribution in [0.1, 0.15) is 9.67 Å². The lowest BCUT2D eigenvalue weighted by atomic mass is 10.1. The van der Waals surface area contributed by atoms with E-state index in [1.54, 1.807) is 54.0 Å². The van der Waals surface area contributed by atoms with Crippen LogP contribution in [0.15, 0.2) is 83.8 Å². The lowest BCUT2D eigenvalue weighted by molar-refractivity contribution is 0.0711. The third-order valence-corrected chi connectivity index (χ3v) is 6.86. The molecule has 0 atom stereocenters. The van der Waals surface area contributed by atoms with Crippen LogP contribution in [0.5, 0.6) is 0 Å². The fourth-order valence-electron chi connectivity index (χ4n) is 2.93. The predicted octanol–water partition coefficient (Wildman–Crippen LogP) is 4.49. The largest absolute Gasteiger partial charge is 0.288 e. The third-order valence-electron chi connectivity index (χ3n) is 4.37. The van der Waals surface area contributed by atoms with Gasteiger partial charge >= 0.3 is 0 Å². The maximum absolute atomic E-state index is 12.7. The molecule has 4 rings (SSSR count). The lowest BCUT2D eigenvalue weighted by Crippen LogP contribution is -2.16. The minimum Gasteiger partial charge on any atom is -0.288 e.